The quantitative estimate of drug-likeness (QED) is 0.853. The number of carbonyl (C=O) groups excluding carboxylic acids is 2. The molecule has 2 fully saturated rings. The van der Waals surface area contributed by atoms with Gasteiger partial charge in [-0.15, -0.1) is 0 Å². The van der Waals surface area contributed by atoms with Crippen LogP contribution in [-0.4, -0.2) is 48.7 Å². The second-order valence-corrected chi connectivity index (χ2v) is 8.07. The van der Waals surface area contributed by atoms with Crippen LogP contribution in [0.15, 0.2) is 24.3 Å². The lowest BCUT2D eigenvalue weighted by molar-refractivity contribution is -0.122. The maximum Gasteiger partial charge on any atom is 0.407 e. The largest absolute Gasteiger partial charge is 0.450 e. The molecule has 2 heterocycles. The lowest BCUT2D eigenvalue weighted by atomic mass is 9.68. The average Bonchev–Trinajstić information content (AvgIpc) is 3.24. The minimum atomic E-state index is -0.339. The highest BCUT2D eigenvalue weighted by atomic mass is 16.5. The first-order valence-corrected chi connectivity index (χ1v) is 10.2. The molecule has 2 N–H and O–H groups in total. The maximum absolute atomic E-state index is 12.7. The summed E-state index contributed by atoms with van der Waals surface area (Å²) in [5.74, 6) is 0.168. The highest BCUT2D eigenvalue weighted by Gasteiger charge is 2.49. The number of hydrogen-bond donors (Lipinski definition) is 2. The number of amides is 2. The van der Waals surface area contributed by atoms with Crippen LogP contribution in [-0.2, 0) is 14.9 Å². The summed E-state index contributed by atoms with van der Waals surface area (Å²) < 4.78 is 5.13. The van der Waals surface area contributed by atoms with E-state index in [0.717, 1.165) is 57.3 Å². The molecular formula is C21H29N3O3. The van der Waals surface area contributed by atoms with Gasteiger partial charge in [-0.05, 0) is 50.2 Å². The fourth-order valence-corrected chi connectivity index (χ4v) is 4.97. The van der Waals surface area contributed by atoms with Gasteiger partial charge in [0.05, 0.1) is 12.0 Å². The number of carbonyl (C=O) groups is 2. The van der Waals surface area contributed by atoms with E-state index < -0.39 is 0 Å². The molecule has 1 saturated carbocycles. The Morgan fingerprint density at radius 1 is 1.30 bits per heavy atom. The van der Waals surface area contributed by atoms with Crippen molar-refractivity contribution in [3.05, 3.63) is 29.8 Å². The van der Waals surface area contributed by atoms with Gasteiger partial charge in [-0.2, -0.15) is 0 Å². The molecule has 2 aliphatic heterocycles. The third kappa shape index (κ3) is 3.43. The van der Waals surface area contributed by atoms with Crippen LogP contribution >= 0.6 is 0 Å². The van der Waals surface area contributed by atoms with E-state index in [1.54, 1.807) is 0 Å². The molecule has 1 saturated heterocycles. The van der Waals surface area contributed by atoms with Crippen LogP contribution in [0.1, 0.15) is 51.0 Å². The minimum absolute atomic E-state index is 0.167. The van der Waals surface area contributed by atoms with Gasteiger partial charge in [-0.1, -0.05) is 25.1 Å². The van der Waals surface area contributed by atoms with Gasteiger partial charge in [-0.25, -0.2) is 4.79 Å². The van der Waals surface area contributed by atoms with E-state index in [0.29, 0.717) is 12.6 Å². The number of nitrogens with zero attached hydrogens (tertiary/aromatic N) is 1. The fraction of sp³-hybridized carbons (Fsp3) is 0.619. The number of hydrogen-bond acceptors (Lipinski definition) is 4. The SMILES string of the molecule is CCCOC(=O)N[C@@H]1CCN(C2CCC3(CC2)C(=O)Nc2ccccc23)C1. The smallest absolute Gasteiger partial charge is 0.407 e. The molecule has 0 aromatic heterocycles. The summed E-state index contributed by atoms with van der Waals surface area (Å²) >= 11 is 0. The van der Waals surface area contributed by atoms with Crippen molar-refractivity contribution in [1.82, 2.24) is 10.2 Å². The number of para-hydroxylation sites is 1. The minimum Gasteiger partial charge on any atom is -0.450 e. The zero-order chi connectivity index (χ0) is 18.9. The van der Waals surface area contributed by atoms with Crippen molar-refractivity contribution < 1.29 is 14.3 Å². The number of rotatable bonds is 4. The van der Waals surface area contributed by atoms with Crippen LogP contribution in [0.25, 0.3) is 0 Å². The number of fused-ring (bicyclic) bond motifs is 2. The Morgan fingerprint density at radius 3 is 2.85 bits per heavy atom. The summed E-state index contributed by atoms with van der Waals surface area (Å²) in [4.78, 5) is 27.0. The van der Waals surface area contributed by atoms with E-state index in [1.807, 2.05) is 25.1 Å². The van der Waals surface area contributed by atoms with Gasteiger partial charge in [-0.3, -0.25) is 9.69 Å². The molecule has 1 aromatic rings. The van der Waals surface area contributed by atoms with Crippen molar-refractivity contribution in [2.45, 2.75) is 62.9 Å². The predicted molar refractivity (Wildman–Crippen MR) is 104 cm³/mol. The van der Waals surface area contributed by atoms with E-state index in [9.17, 15) is 9.59 Å². The number of ether oxygens (including phenoxy) is 1. The van der Waals surface area contributed by atoms with Crippen molar-refractivity contribution in [1.29, 1.82) is 0 Å². The third-order valence-corrected chi connectivity index (χ3v) is 6.43. The standard InChI is InChI=1S/C21H29N3O3/c1-2-13-27-20(26)22-15-9-12-24(14-15)16-7-10-21(11-8-16)17-5-3-4-6-18(17)23-19(21)25/h3-6,15-16H,2,7-14H2,1H3,(H,22,26)(H,23,25)/t15-,16?,21?/m1/s1. The van der Waals surface area contributed by atoms with Crippen LogP contribution in [0.3, 0.4) is 0 Å². The molecule has 1 atom stereocenters. The van der Waals surface area contributed by atoms with Crippen LogP contribution in [0.5, 0.6) is 0 Å². The van der Waals surface area contributed by atoms with E-state index >= 15 is 0 Å². The maximum atomic E-state index is 12.7. The number of likely N-dealkylation sites (tertiary alicyclic amines) is 1. The van der Waals surface area contributed by atoms with Crippen LogP contribution < -0.4 is 10.6 Å². The van der Waals surface area contributed by atoms with Crippen LogP contribution in [0.4, 0.5) is 10.5 Å². The molecular weight excluding hydrogens is 342 g/mol. The molecule has 6 heteroatoms. The Labute approximate surface area is 160 Å². The van der Waals surface area contributed by atoms with Gasteiger partial charge in [0.15, 0.2) is 0 Å². The van der Waals surface area contributed by atoms with Gasteiger partial charge < -0.3 is 15.4 Å². The lowest BCUT2D eigenvalue weighted by Crippen LogP contribution is -2.45. The first-order valence-electron chi connectivity index (χ1n) is 10.2. The summed E-state index contributed by atoms with van der Waals surface area (Å²) in [6.07, 6.45) is 5.34. The van der Waals surface area contributed by atoms with Crippen molar-refractivity contribution in [3.8, 4) is 0 Å². The Kier molecular flexibility index (Phi) is 5.08. The molecule has 2 amide bonds. The summed E-state index contributed by atoms with van der Waals surface area (Å²) in [7, 11) is 0. The molecule has 27 heavy (non-hydrogen) atoms. The number of benzene rings is 1. The molecule has 0 bridgehead atoms. The molecule has 0 radical (unpaired) electrons. The Morgan fingerprint density at radius 2 is 2.07 bits per heavy atom. The Bertz CT molecular complexity index is 712. The highest BCUT2D eigenvalue weighted by Crippen LogP contribution is 2.48. The van der Waals surface area contributed by atoms with Gasteiger partial charge in [0.2, 0.25) is 5.91 Å². The monoisotopic (exact) mass is 371 g/mol. The lowest BCUT2D eigenvalue weighted by Gasteiger charge is -2.39. The van der Waals surface area contributed by atoms with E-state index in [-0.39, 0.29) is 23.5 Å². The van der Waals surface area contributed by atoms with E-state index in [1.165, 1.54) is 5.56 Å². The molecule has 0 unspecified atom stereocenters. The van der Waals surface area contributed by atoms with E-state index in [4.69, 9.17) is 4.74 Å². The second kappa shape index (κ2) is 7.50. The first kappa shape index (κ1) is 18.3. The first-order chi connectivity index (χ1) is 13.1. The highest BCUT2D eigenvalue weighted by molar-refractivity contribution is 6.06. The molecule has 1 aromatic carbocycles. The second-order valence-electron chi connectivity index (χ2n) is 8.07. The zero-order valence-electron chi connectivity index (χ0n) is 16.0. The van der Waals surface area contributed by atoms with Crippen LogP contribution in [0, 0.1) is 0 Å². The predicted octanol–water partition coefficient (Wildman–Crippen LogP) is 3.03. The van der Waals surface area contributed by atoms with Crippen molar-refractivity contribution in [2.24, 2.45) is 0 Å². The summed E-state index contributed by atoms with van der Waals surface area (Å²) in [6.45, 7) is 4.33. The van der Waals surface area contributed by atoms with Gasteiger partial charge in [0, 0.05) is 30.9 Å². The molecule has 1 spiro atoms. The molecule has 3 aliphatic rings. The van der Waals surface area contributed by atoms with Crippen LogP contribution in [0.2, 0.25) is 0 Å². The number of nitrogens with one attached hydrogen (secondary N) is 2. The summed E-state index contributed by atoms with van der Waals surface area (Å²) in [5.41, 5.74) is 1.82. The number of anilines is 1. The fourth-order valence-electron chi connectivity index (χ4n) is 4.97. The van der Waals surface area contributed by atoms with Crippen molar-refractivity contribution >= 4 is 17.7 Å². The molecule has 146 valence electrons. The molecule has 1 aliphatic carbocycles. The van der Waals surface area contributed by atoms with E-state index in [2.05, 4.69) is 21.6 Å². The Hall–Kier alpha value is -2.08. The number of alkyl carbamates (subject to hydrolysis) is 1. The normalized spacial score (nSPS) is 30.2. The summed E-state index contributed by atoms with van der Waals surface area (Å²) in [6, 6.07) is 8.78. The molecule has 6 nitrogen and oxygen atoms in total. The average molecular weight is 371 g/mol. The van der Waals surface area contributed by atoms with Gasteiger partial charge in [0.1, 0.15) is 0 Å². The summed E-state index contributed by atoms with van der Waals surface area (Å²) in [5, 5.41) is 6.06. The Balaban J connectivity index is 1.33. The zero-order valence-corrected chi connectivity index (χ0v) is 16.0. The topological polar surface area (TPSA) is 70.7 Å². The molecule has 4 rings (SSSR count). The van der Waals surface area contributed by atoms with Crippen molar-refractivity contribution in [3.63, 3.8) is 0 Å². The third-order valence-electron chi connectivity index (χ3n) is 6.43. The van der Waals surface area contributed by atoms with Gasteiger partial charge >= 0.3 is 6.09 Å². The van der Waals surface area contributed by atoms with Gasteiger partial charge in [0.25, 0.3) is 0 Å². The van der Waals surface area contributed by atoms with Crippen molar-refractivity contribution in [2.75, 3.05) is 25.0 Å².